The van der Waals surface area contributed by atoms with Crippen LogP contribution in [0.3, 0.4) is 0 Å². The van der Waals surface area contributed by atoms with E-state index in [9.17, 15) is 26.4 Å². The monoisotopic (exact) mass is 331 g/mol. The molecule has 0 spiro atoms. The molecule has 0 bridgehead atoms. The lowest BCUT2D eigenvalue weighted by Crippen LogP contribution is -2.32. The lowest BCUT2D eigenvalue weighted by molar-refractivity contribution is -0.138. The average Bonchev–Trinajstić information content (AvgIpc) is 2.28. The number of alkyl halides is 3. The van der Waals surface area contributed by atoms with Crippen molar-refractivity contribution >= 4 is 33.3 Å². The fourth-order valence-corrected chi connectivity index (χ4v) is 2.31. The summed E-state index contributed by atoms with van der Waals surface area (Å²) in [5.74, 6) is -1.62. The number of rotatable bonds is 4. The molecule has 0 saturated heterocycles. The summed E-state index contributed by atoms with van der Waals surface area (Å²) in [7, 11) is -4.35. The predicted octanol–water partition coefficient (Wildman–Crippen LogP) is 2.57. The molecule has 10 heteroatoms. The zero-order chi connectivity index (χ0) is 15.7. The molecule has 1 aromatic carbocycles. The number of aliphatic carboxylic acids is 1. The van der Waals surface area contributed by atoms with Crippen molar-refractivity contribution in [2.45, 2.75) is 18.3 Å². The second-order valence-electron chi connectivity index (χ2n) is 3.82. The first-order valence-electron chi connectivity index (χ1n) is 5.06. The molecule has 0 aliphatic heterocycles. The SMILES string of the molecule is CC(C(=O)O)S(=O)(=O)Nc1ccc(Cl)c(C(F)(F)F)c1. The van der Waals surface area contributed by atoms with Gasteiger partial charge in [0.25, 0.3) is 0 Å². The topological polar surface area (TPSA) is 83.5 Å². The first kappa shape index (κ1) is 16.6. The molecule has 0 aromatic heterocycles. The van der Waals surface area contributed by atoms with E-state index in [1.807, 2.05) is 0 Å². The molecule has 1 atom stereocenters. The summed E-state index contributed by atoms with van der Waals surface area (Å²) in [5.41, 5.74) is -1.64. The minimum absolute atomic E-state index is 0.421. The molecule has 0 saturated carbocycles. The highest BCUT2D eigenvalue weighted by Crippen LogP contribution is 2.36. The summed E-state index contributed by atoms with van der Waals surface area (Å²) in [5, 5.41) is 6.20. The van der Waals surface area contributed by atoms with Crippen molar-refractivity contribution in [1.82, 2.24) is 0 Å². The summed E-state index contributed by atoms with van der Waals surface area (Å²) in [6.07, 6.45) is -4.75. The van der Waals surface area contributed by atoms with E-state index in [0.717, 1.165) is 19.1 Å². The Morgan fingerprint density at radius 1 is 1.40 bits per heavy atom. The van der Waals surface area contributed by atoms with Crippen LogP contribution in [0, 0.1) is 0 Å². The summed E-state index contributed by atoms with van der Waals surface area (Å²) in [6.45, 7) is 0.894. The molecular weight excluding hydrogens is 323 g/mol. The molecule has 5 nitrogen and oxygen atoms in total. The molecule has 1 unspecified atom stereocenters. The van der Waals surface area contributed by atoms with E-state index in [1.165, 1.54) is 0 Å². The summed E-state index contributed by atoms with van der Waals surface area (Å²) >= 11 is 5.37. The predicted molar refractivity (Wildman–Crippen MR) is 66.1 cm³/mol. The average molecular weight is 332 g/mol. The summed E-state index contributed by atoms with van der Waals surface area (Å²) < 4.78 is 62.7. The van der Waals surface area contributed by atoms with E-state index in [0.29, 0.717) is 6.07 Å². The van der Waals surface area contributed by atoms with Crippen LogP contribution in [0.4, 0.5) is 18.9 Å². The van der Waals surface area contributed by atoms with Crippen molar-refractivity contribution in [3.05, 3.63) is 28.8 Å². The van der Waals surface area contributed by atoms with Crippen molar-refractivity contribution in [1.29, 1.82) is 0 Å². The minimum Gasteiger partial charge on any atom is -0.480 e. The molecular formula is C10H9ClF3NO4S. The van der Waals surface area contributed by atoms with E-state index in [2.05, 4.69) is 0 Å². The van der Waals surface area contributed by atoms with Crippen LogP contribution in [0.1, 0.15) is 12.5 Å². The normalized spacial score (nSPS) is 13.8. The molecule has 20 heavy (non-hydrogen) atoms. The third-order valence-corrected chi connectivity index (χ3v) is 4.33. The van der Waals surface area contributed by atoms with Crippen LogP contribution < -0.4 is 4.72 Å². The van der Waals surface area contributed by atoms with Crippen molar-refractivity contribution in [3.8, 4) is 0 Å². The molecule has 0 aliphatic rings. The largest absolute Gasteiger partial charge is 0.480 e. The zero-order valence-corrected chi connectivity index (χ0v) is 11.5. The third kappa shape index (κ3) is 3.76. The van der Waals surface area contributed by atoms with Gasteiger partial charge in [-0.05, 0) is 25.1 Å². The second-order valence-corrected chi connectivity index (χ2v) is 6.23. The lowest BCUT2D eigenvalue weighted by Gasteiger charge is -2.14. The molecule has 0 amide bonds. The molecule has 0 heterocycles. The molecule has 1 rings (SSSR count). The van der Waals surface area contributed by atoms with Gasteiger partial charge in [0.05, 0.1) is 10.6 Å². The van der Waals surface area contributed by atoms with Gasteiger partial charge in [-0.3, -0.25) is 9.52 Å². The number of carboxylic acid groups (broad SMARTS) is 1. The van der Waals surface area contributed by atoms with Crippen LogP contribution in [0.2, 0.25) is 5.02 Å². The second kappa shape index (κ2) is 5.49. The Balaban J connectivity index is 3.15. The maximum absolute atomic E-state index is 12.6. The Kier molecular flexibility index (Phi) is 4.55. The van der Waals surface area contributed by atoms with E-state index < -0.39 is 43.7 Å². The first-order valence-corrected chi connectivity index (χ1v) is 6.99. The number of benzene rings is 1. The van der Waals surface area contributed by atoms with Crippen molar-refractivity contribution in [2.24, 2.45) is 0 Å². The van der Waals surface area contributed by atoms with Gasteiger partial charge >= 0.3 is 12.1 Å². The van der Waals surface area contributed by atoms with Gasteiger partial charge in [-0.1, -0.05) is 11.6 Å². The molecule has 0 aliphatic carbocycles. The number of nitrogens with one attached hydrogen (secondary N) is 1. The van der Waals surface area contributed by atoms with E-state index in [1.54, 1.807) is 4.72 Å². The number of carboxylic acids is 1. The minimum atomic E-state index is -4.75. The van der Waals surface area contributed by atoms with Gasteiger partial charge in [0.15, 0.2) is 5.25 Å². The van der Waals surface area contributed by atoms with Crippen LogP contribution in [0.5, 0.6) is 0 Å². The molecule has 112 valence electrons. The first-order chi connectivity index (χ1) is 8.95. The number of sulfonamides is 1. The van der Waals surface area contributed by atoms with Gasteiger partial charge in [0.1, 0.15) is 0 Å². The zero-order valence-electron chi connectivity index (χ0n) is 9.90. The fourth-order valence-electron chi connectivity index (χ4n) is 1.19. The number of carbonyl (C=O) groups is 1. The Morgan fingerprint density at radius 2 is 1.95 bits per heavy atom. The van der Waals surface area contributed by atoms with Crippen molar-refractivity contribution < 1.29 is 31.5 Å². The Labute approximate surface area is 117 Å². The quantitative estimate of drug-likeness (QED) is 0.888. The van der Waals surface area contributed by atoms with Gasteiger partial charge in [0.2, 0.25) is 10.0 Å². The Hall–Kier alpha value is -1.48. The van der Waals surface area contributed by atoms with Gasteiger partial charge < -0.3 is 5.11 Å². The van der Waals surface area contributed by atoms with E-state index in [-0.39, 0.29) is 0 Å². The highest BCUT2D eigenvalue weighted by Gasteiger charge is 2.34. The number of hydrogen-bond acceptors (Lipinski definition) is 3. The summed E-state index contributed by atoms with van der Waals surface area (Å²) in [6, 6.07) is 2.37. The Morgan fingerprint density at radius 3 is 2.40 bits per heavy atom. The summed E-state index contributed by atoms with van der Waals surface area (Å²) in [4.78, 5) is 10.6. The number of halogens is 4. The van der Waals surface area contributed by atoms with Crippen LogP contribution in [-0.4, -0.2) is 24.7 Å². The van der Waals surface area contributed by atoms with Crippen molar-refractivity contribution in [3.63, 3.8) is 0 Å². The third-order valence-electron chi connectivity index (χ3n) is 2.35. The fraction of sp³-hybridized carbons (Fsp3) is 0.300. The Bertz CT molecular complexity index is 630. The van der Waals surface area contributed by atoms with Gasteiger partial charge in [-0.2, -0.15) is 13.2 Å². The number of hydrogen-bond donors (Lipinski definition) is 2. The van der Waals surface area contributed by atoms with Gasteiger partial charge in [-0.15, -0.1) is 0 Å². The molecule has 1 aromatic rings. The maximum Gasteiger partial charge on any atom is 0.417 e. The molecule has 0 fully saturated rings. The highest BCUT2D eigenvalue weighted by atomic mass is 35.5. The van der Waals surface area contributed by atoms with Gasteiger partial charge in [-0.25, -0.2) is 8.42 Å². The highest BCUT2D eigenvalue weighted by molar-refractivity contribution is 7.94. The number of anilines is 1. The van der Waals surface area contributed by atoms with Crippen LogP contribution >= 0.6 is 11.6 Å². The molecule has 2 N–H and O–H groups in total. The van der Waals surface area contributed by atoms with Crippen LogP contribution in [-0.2, 0) is 21.0 Å². The van der Waals surface area contributed by atoms with Gasteiger partial charge in [0, 0.05) is 5.69 Å². The smallest absolute Gasteiger partial charge is 0.417 e. The van der Waals surface area contributed by atoms with Crippen molar-refractivity contribution in [2.75, 3.05) is 4.72 Å². The lowest BCUT2D eigenvalue weighted by atomic mass is 10.2. The molecule has 0 radical (unpaired) electrons. The van der Waals surface area contributed by atoms with Crippen LogP contribution in [0.25, 0.3) is 0 Å². The standard InChI is InChI=1S/C10H9ClF3NO4S/c1-5(9(16)17)20(18,19)15-6-2-3-8(11)7(4-6)10(12,13)14/h2-5,15H,1H3,(H,16,17). The van der Waals surface area contributed by atoms with E-state index >= 15 is 0 Å². The van der Waals surface area contributed by atoms with E-state index in [4.69, 9.17) is 16.7 Å². The van der Waals surface area contributed by atoms with Crippen LogP contribution in [0.15, 0.2) is 18.2 Å². The maximum atomic E-state index is 12.6.